The van der Waals surface area contributed by atoms with Crippen LogP contribution in [0.25, 0.3) is 5.57 Å². The number of fused-ring (bicyclic) bond motifs is 1. The molecule has 5 rings (SSSR count). The lowest BCUT2D eigenvalue weighted by Crippen LogP contribution is -2.32. The zero-order valence-corrected chi connectivity index (χ0v) is 17.5. The molecule has 0 aromatic heterocycles. The van der Waals surface area contributed by atoms with Gasteiger partial charge in [-0.15, -0.1) is 0 Å². The summed E-state index contributed by atoms with van der Waals surface area (Å²) in [6.07, 6.45) is 0. The summed E-state index contributed by atoms with van der Waals surface area (Å²) in [6.45, 7) is 2.06. The Balaban J connectivity index is 1.59. The minimum atomic E-state index is -0.427. The lowest BCUT2D eigenvalue weighted by atomic mass is 10.0. The molecule has 3 aromatic rings. The highest BCUT2D eigenvalue weighted by molar-refractivity contribution is 6.46. The quantitative estimate of drug-likeness (QED) is 0.616. The normalized spacial score (nSPS) is 14.9. The van der Waals surface area contributed by atoms with E-state index in [0.29, 0.717) is 34.2 Å². The number of aryl methyl sites for hydroxylation is 1. The molecule has 0 unspecified atom stereocenters. The van der Waals surface area contributed by atoms with Crippen molar-refractivity contribution in [1.29, 1.82) is 0 Å². The molecular formula is C25H20N2O5. The second kappa shape index (κ2) is 7.77. The fourth-order valence-electron chi connectivity index (χ4n) is 3.79. The molecule has 0 aliphatic carbocycles. The maximum absolute atomic E-state index is 13.5. The Morgan fingerprint density at radius 1 is 0.906 bits per heavy atom. The summed E-state index contributed by atoms with van der Waals surface area (Å²) >= 11 is 0. The van der Waals surface area contributed by atoms with Crippen LogP contribution in [-0.4, -0.2) is 25.7 Å². The van der Waals surface area contributed by atoms with Crippen LogP contribution in [0.4, 0.5) is 11.4 Å². The van der Waals surface area contributed by atoms with E-state index < -0.39 is 11.8 Å². The SMILES string of the molecule is COc1ccc(C2=C(Nc3ccc4c(c3)OCO4)C(=O)N(c3cccc(C)c3)C2=O)cc1. The molecule has 1 N–H and O–H groups in total. The van der Waals surface area contributed by atoms with E-state index in [-0.39, 0.29) is 18.1 Å². The molecule has 160 valence electrons. The molecule has 0 spiro atoms. The Hall–Kier alpha value is -4.26. The highest BCUT2D eigenvalue weighted by atomic mass is 16.7. The van der Waals surface area contributed by atoms with Gasteiger partial charge in [0.1, 0.15) is 11.4 Å². The van der Waals surface area contributed by atoms with E-state index >= 15 is 0 Å². The Bertz CT molecular complexity index is 1260. The molecule has 2 heterocycles. The van der Waals surface area contributed by atoms with Gasteiger partial charge in [0.15, 0.2) is 11.5 Å². The van der Waals surface area contributed by atoms with Gasteiger partial charge in [-0.05, 0) is 54.4 Å². The zero-order chi connectivity index (χ0) is 22.2. The summed E-state index contributed by atoms with van der Waals surface area (Å²) in [5, 5.41) is 3.14. The van der Waals surface area contributed by atoms with Crippen molar-refractivity contribution in [3.05, 3.63) is 83.6 Å². The van der Waals surface area contributed by atoms with Crippen LogP contribution in [0.1, 0.15) is 11.1 Å². The minimum Gasteiger partial charge on any atom is -0.497 e. The molecule has 0 atom stereocenters. The molecule has 7 heteroatoms. The van der Waals surface area contributed by atoms with Crippen molar-refractivity contribution >= 4 is 28.8 Å². The number of nitrogens with zero attached hydrogens (tertiary/aromatic N) is 1. The van der Waals surface area contributed by atoms with Gasteiger partial charge >= 0.3 is 0 Å². The standard InChI is InChI=1S/C25H20N2O5/c1-15-4-3-5-18(12-15)27-24(28)22(16-6-9-19(30-2)10-7-16)23(25(27)29)26-17-8-11-20-21(13-17)32-14-31-20/h3-13,26H,14H2,1-2H3. The van der Waals surface area contributed by atoms with Gasteiger partial charge in [0, 0.05) is 11.8 Å². The number of methoxy groups -OCH3 is 1. The summed E-state index contributed by atoms with van der Waals surface area (Å²) in [4.78, 5) is 28.2. The van der Waals surface area contributed by atoms with Crippen molar-refractivity contribution in [2.24, 2.45) is 0 Å². The van der Waals surface area contributed by atoms with Crippen molar-refractivity contribution in [2.45, 2.75) is 6.92 Å². The summed E-state index contributed by atoms with van der Waals surface area (Å²) < 4.78 is 16.0. The molecule has 0 saturated carbocycles. The van der Waals surface area contributed by atoms with Crippen molar-refractivity contribution < 1.29 is 23.8 Å². The highest BCUT2D eigenvalue weighted by Crippen LogP contribution is 2.38. The van der Waals surface area contributed by atoms with Crippen LogP contribution >= 0.6 is 0 Å². The average Bonchev–Trinajstić information content (AvgIpc) is 3.36. The fourth-order valence-corrected chi connectivity index (χ4v) is 3.79. The van der Waals surface area contributed by atoms with Crippen molar-refractivity contribution in [3.63, 3.8) is 0 Å². The Morgan fingerprint density at radius 2 is 1.69 bits per heavy atom. The van der Waals surface area contributed by atoms with Crippen LogP contribution in [0.2, 0.25) is 0 Å². The van der Waals surface area contributed by atoms with E-state index in [4.69, 9.17) is 14.2 Å². The van der Waals surface area contributed by atoms with Gasteiger partial charge in [-0.3, -0.25) is 9.59 Å². The van der Waals surface area contributed by atoms with Crippen molar-refractivity contribution in [2.75, 3.05) is 24.1 Å². The number of hydrogen-bond donors (Lipinski definition) is 1. The largest absolute Gasteiger partial charge is 0.497 e. The minimum absolute atomic E-state index is 0.150. The maximum atomic E-state index is 13.5. The number of amides is 2. The first-order chi connectivity index (χ1) is 15.5. The fraction of sp³-hybridized carbons (Fsp3) is 0.120. The third-order valence-electron chi connectivity index (χ3n) is 5.36. The van der Waals surface area contributed by atoms with Crippen LogP contribution in [0.3, 0.4) is 0 Å². The van der Waals surface area contributed by atoms with Crippen LogP contribution in [0.5, 0.6) is 17.2 Å². The molecule has 2 amide bonds. The summed E-state index contributed by atoms with van der Waals surface area (Å²) in [6, 6.07) is 19.6. The summed E-state index contributed by atoms with van der Waals surface area (Å²) in [7, 11) is 1.57. The topological polar surface area (TPSA) is 77.1 Å². The molecule has 2 aliphatic heterocycles. The number of benzene rings is 3. The van der Waals surface area contributed by atoms with Crippen LogP contribution in [0.15, 0.2) is 72.4 Å². The van der Waals surface area contributed by atoms with E-state index in [2.05, 4.69) is 5.32 Å². The van der Waals surface area contributed by atoms with Crippen molar-refractivity contribution in [3.8, 4) is 17.2 Å². The molecule has 32 heavy (non-hydrogen) atoms. The number of hydrogen-bond acceptors (Lipinski definition) is 6. The van der Waals surface area contributed by atoms with Gasteiger partial charge in [0.05, 0.1) is 18.4 Å². The van der Waals surface area contributed by atoms with Crippen molar-refractivity contribution in [1.82, 2.24) is 0 Å². The predicted molar refractivity (Wildman–Crippen MR) is 120 cm³/mol. The first kappa shape index (κ1) is 19.7. The average molecular weight is 428 g/mol. The van der Waals surface area contributed by atoms with Crippen LogP contribution in [-0.2, 0) is 9.59 Å². The lowest BCUT2D eigenvalue weighted by molar-refractivity contribution is -0.120. The van der Waals surface area contributed by atoms with Crippen LogP contribution < -0.4 is 24.4 Å². The second-order valence-electron chi connectivity index (χ2n) is 7.46. The molecule has 2 aliphatic rings. The predicted octanol–water partition coefficient (Wildman–Crippen LogP) is 4.13. The number of anilines is 2. The molecule has 0 saturated heterocycles. The summed E-state index contributed by atoms with van der Waals surface area (Å²) in [5.41, 5.74) is 3.18. The number of rotatable bonds is 5. The van der Waals surface area contributed by atoms with Gasteiger partial charge in [-0.25, -0.2) is 4.90 Å². The number of nitrogens with one attached hydrogen (secondary N) is 1. The number of ether oxygens (including phenoxy) is 3. The monoisotopic (exact) mass is 428 g/mol. The van der Waals surface area contributed by atoms with Gasteiger partial charge in [-0.2, -0.15) is 0 Å². The Kier molecular flexibility index (Phi) is 4.78. The van der Waals surface area contributed by atoms with E-state index in [0.717, 1.165) is 5.56 Å². The Labute approximate surface area is 184 Å². The Morgan fingerprint density at radius 3 is 2.44 bits per heavy atom. The molecular weight excluding hydrogens is 408 g/mol. The summed E-state index contributed by atoms with van der Waals surface area (Å²) in [5.74, 6) is 1.05. The third kappa shape index (κ3) is 3.33. The van der Waals surface area contributed by atoms with E-state index in [1.54, 1.807) is 55.6 Å². The first-order valence-electron chi connectivity index (χ1n) is 10.1. The smallest absolute Gasteiger partial charge is 0.282 e. The van der Waals surface area contributed by atoms with Gasteiger partial charge in [-0.1, -0.05) is 24.3 Å². The van der Waals surface area contributed by atoms with Gasteiger partial charge in [0.2, 0.25) is 6.79 Å². The molecule has 0 fully saturated rings. The van der Waals surface area contributed by atoms with Crippen LogP contribution in [0, 0.1) is 6.92 Å². The molecule has 0 bridgehead atoms. The first-order valence-corrected chi connectivity index (χ1v) is 10.1. The zero-order valence-electron chi connectivity index (χ0n) is 17.5. The maximum Gasteiger partial charge on any atom is 0.282 e. The third-order valence-corrected chi connectivity index (χ3v) is 5.36. The van der Waals surface area contributed by atoms with Gasteiger partial charge in [0.25, 0.3) is 11.8 Å². The molecule has 3 aromatic carbocycles. The number of imide groups is 1. The number of carbonyl (C=O) groups is 2. The molecule has 0 radical (unpaired) electrons. The van der Waals surface area contributed by atoms with E-state index in [9.17, 15) is 9.59 Å². The second-order valence-corrected chi connectivity index (χ2v) is 7.46. The number of carbonyl (C=O) groups excluding carboxylic acids is 2. The van der Waals surface area contributed by atoms with E-state index in [1.807, 2.05) is 25.1 Å². The molecule has 7 nitrogen and oxygen atoms in total. The van der Waals surface area contributed by atoms with E-state index in [1.165, 1.54) is 4.90 Å². The lowest BCUT2D eigenvalue weighted by Gasteiger charge is -2.16. The van der Waals surface area contributed by atoms with Gasteiger partial charge < -0.3 is 19.5 Å². The highest BCUT2D eigenvalue weighted by Gasteiger charge is 2.40.